The number of rotatable bonds is 6. The molecule has 3 heterocycles. The average Bonchev–Trinajstić information content (AvgIpc) is 3.32. The van der Waals surface area contributed by atoms with Gasteiger partial charge < -0.3 is 15.0 Å². The average molecular weight is 541 g/mol. The van der Waals surface area contributed by atoms with Crippen molar-refractivity contribution in [1.82, 2.24) is 14.5 Å². The van der Waals surface area contributed by atoms with E-state index in [1.54, 1.807) is 27.8 Å². The third kappa shape index (κ3) is 5.67. The summed E-state index contributed by atoms with van der Waals surface area (Å²) in [6.07, 6.45) is -4.02. The number of likely N-dealkylation sites (tertiary alicyclic amines) is 1. The maximum atomic E-state index is 13.3. The third-order valence-electron chi connectivity index (χ3n) is 5.67. The molecule has 1 aromatic carbocycles. The fourth-order valence-corrected chi connectivity index (χ4v) is 5.64. The van der Waals surface area contributed by atoms with Crippen molar-refractivity contribution in [1.29, 1.82) is 0 Å². The maximum absolute atomic E-state index is 13.3. The molecule has 0 bridgehead atoms. The summed E-state index contributed by atoms with van der Waals surface area (Å²) in [5.41, 5.74) is -1.02. The van der Waals surface area contributed by atoms with E-state index in [1.807, 2.05) is 0 Å². The van der Waals surface area contributed by atoms with E-state index in [-0.39, 0.29) is 29.6 Å². The van der Waals surface area contributed by atoms with E-state index in [0.717, 1.165) is 17.8 Å². The molecule has 0 saturated carbocycles. The molecule has 1 saturated heterocycles. The second-order valence-electron chi connectivity index (χ2n) is 8.00. The number of hydrogen-bond donors (Lipinski definition) is 1. The van der Waals surface area contributed by atoms with Crippen LogP contribution in [0.15, 0.2) is 45.7 Å². The topological polar surface area (TPSA) is 93.5 Å². The number of ether oxygens (including phenoxy) is 1. The summed E-state index contributed by atoms with van der Waals surface area (Å²) in [5, 5.41) is 4.37. The van der Waals surface area contributed by atoms with Gasteiger partial charge in [0, 0.05) is 19.1 Å². The fraction of sp³-hybridized carbons (Fsp3) is 0.391. The van der Waals surface area contributed by atoms with E-state index >= 15 is 0 Å². The number of aromatic nitrogens is 2. The summed E-state index contributed by atoms with van der Waals surface area (Å²) in [7, 11) is 0. The molecule has 0 spiro atoms. The molecule has 8 nitrogen and oxygen atoms in total. The van der Waals surface area contributed by atoms with E-state index in [9.17, 15) is 27.6 Å². The van der Waals surface area contributed by atoms with E-state index in [1.165, 1.54) is 29.5 Å². The van der Waals surface area contributed by atoms with Crippen molar-refractivity contribution in [2.24, 2.45) is 0 Å². The Morgan fingerprint density at radius 1 is 1.22 bits per heavy atom. The van der Waals surface area contributed by atoms with Gasteiger partial charge >= 0.3 is 12.3 Å². The van der Waals surface area contributed by atoms with Crippen LogP contribution in [-0.2, 0) is 15.7 Å². The molecule has 13 heteroatoms. The first-order valence-corrected chi connectivity index (χ1v) is 13.1. The Morgan fingerprint density at radius 3 is 2.64 bits per heavy atom. The highest BCUT2D eigenvalue weighted by Gasteiger charge is 2.33. The minimum Gasteiger partial charge on any atom is -0.450 e. The fourth-order valence-electron chi connectivity index (χ4n) is 4.00. The molecule has 4 rings (SSSR count). The third-order valence-corrected chi connectivity index (χ3v) is 7.52. The van der Waals surface area contributed by atoms with E-state index in [2.05, 4.69) is 10.3 Å². The number of alkyl halides is 3. The molecule has 36 heavy (non-hydrogen) atoms. The van der Waals surface area contributed by atoms with Crippen molar-refractivity contribution in [2.75, 3.05) is 30.8 Å². The number of thioether (sulfide) groups is 1. The van der Waals surface area contributed by atoms with Gasteiger partial charge in [0.15, 0.2) is 5.16 Å². The van der Waals surface area contributed by atoms with E-state index in [0.29, 0.717) is 41.3 Å². The Morgan fingerprint density at radius 2 is 1.94 bits per heavy atom. The lowest BCUT2D eigenvalue weighted by Crippen LogP contribution is -2.41. The van der Waals surface area contributed by atoms with Crippen LogP contribution in [0.4, 0.5) is 23.7 Å². The minimum absolute atomic E-state index is 0.240. The monoisotopic (exact) mass is 540 g/mol. The number of thiophene rings is 1. The Balaban J connectivity index is 1.53. The summed E-state index contributed by atoms with van der Waals surface area (Å²) in [6.45, 7) is 2.80. The molecule has 1 aliphatic rings. The quantitative estimate of drug-likeness (QED) is 0.349. The van der Waals surface area contributed by atoms with Crippen LogP contribution in [0.5, 0.6) is 0 Å². The van der Waals surface area contributed by atoms with Crippen LogP contribution in [0.2, 0.25) is 0 Å². The number of benzene rings is 1. The van der Waals surface area contributed by atoms with Crippen molar-refractivity contribution < 1.29 is 27.5 Å². The number of para-hydroxylation sites is 1. The summed E-state index contributed by atoms with van der Waals surface area (Å²) in [6, 6.07) is 6.20. The number of amides is 2. The molecule has 0 radical (unpaired) electrons. The predicted octanol–water partition coefficient (Wildman–Crippen LogP) is 5.00. The van der Waals surface area contributed by atoms with Crippen LogP contribution < -0.4 is 10.9 Å². The lowest BCUT2D eigenvalue weighted by molar-refractivity contribution is -0.137. The van der Waals surface area contributed by atoms with Crippen LogP contribution >= 0.6 is 23.1 Å². The lowest BCUT2D eigenvalue weighted by atomic mass is 10.1. The van der Waals surface area contributed by atoms with Crippen LogP contribution in [-0.4, -0.2) is 51.9 Å². The first-order valence-electron chi connectivity index (χ1n) is 11.2. The molecule has 1 fully saturated rings. The smallest absolute Gasteiger partial charge is 0.418 e. The summed E-state index contributed by atoms with van der Waals surface area (Å²) in [4.78, 5) is 44.0. The first-order chi connectivity index (χ1) is 17.2. The van der Waals surface area contributed by atoms with Crippen molar-refractivity contribution in [3.63, 3.8) is 0 Å². The van der Waals surface area contributed by atoms with Gasteiger partial charge in [0.05, 0.1) is 29.1 Å². The largest absolute Gasteiger partial charge is 0.450 e. The highest BCUT2D eigenvalue weighted by Crippen LogP contribution is 2.35. The molecule has 2 amide bonds. The molecule has 0 atom stereocenters. The van der Waals surface area contributed by atoms with Crippen LogP contribution in [0.1, 0.15) is 31.4 Å². The van der Waals surface area contributed by atoms with Gasteiger partial charge in [0.1, 0.15) is 4.70 Å². The SMILES string of the molecule is CCOC(=O)N1CCC(n2c(SCC(=O)Nc3ccccc3C(F)(F)F)nc3ccsc3c2=O)CC1. The van der Waals surface area contributed by atoms with Crippen LogP contribution in [0, 0.1) is 0 Å². The van der Waals surface area contributed by atoms with Gasteiger partial charge in [-0.05, 0) is 43.3 Å². The maximum Gasteiger partial charge on any atom is 0.418 e. The summed E-state index contributed by atoms with van der Waals surface area (Å²) in [5.74, 6) is -0.893. The Labute approximate surface area is 212 Å². The number of nitrogens with one attached hydrogen (secondary N) is 1. The number of fused-ring (bicyclic) bond motifs is 1. The minimum atomic E-state index is -4.61. The van der Waals surface area contributed by atoms with Gasteiger partial charge in [-0.15, -0.1) is 11.3 Å². The number of carbonyl (C=O) groups excluding carboxylic acids is 2. The Hall–Kier alpha value is -3.06. The van der Waals surface area contributed by atoms with Crippen molar-refractivity contribution in [3.05, 3.63) is 51.6 Å². The highest BCUT2D eigenvalue weighted by atomic mass is 32.2. The van der Waals surface area contributed by atoms with Gasteiger partial charge in [0.2, 0.25) is 5.91 Å². The Bertz CT molecular complexity index is 1320. The van der Waals surface area contributed by atoms with Gasteiger partial charge in [-0.1, -0.05) is 23.9 Å². The standard InChI is InChI=1S/C23H23F3N4O4S2/c1-2-34-22(33)29-10-7-14(8-11-29)30-20(32)19-17(9-12-35-19)28-21(30)36-13-18(31)27-16-6-4-3-5-15(16)23(24,25)26/h3-6,9,12,14H,2,7-8,10-11,13H2,1H3,(H,27,31). The predicted molar refractivity (Wildman–Crippen MR) is 132 cm³/mol. The molecule has 0 unspecified atom stereocenters. The molecule has 2 aromatic heterocycles. The Kier molecular flexibility index (Phi) is 7.88. The van der Waals surface area contributed by atoms with Crippen LogP contribution in [0.3, 0.4) is 0 Å². The van der Waals surface area contributed by atoms with Gasteiger partial charge in [-0.25, -0.2) is 9.78 Å². The molecule has 0 aliphatic carbocycles. The second kappa shape index (κ2) is 10.9. The number of carbonyl (C=O) groups is 2. The summed E-state index contributed by atoms with van der Waals surface area (Å²) >= 11 is 2.25. The molecule has 192 valence electrons. The zero-order valence-electron chi connectivity index (χ0n) is 19.2. The van der Waals surface area contributed by atoms with Crippen molar-refractivity contribution in [3.8, 4) is 0 Å². The molecular weight excluding hydrogens is 517 g/mol. The van der Waals surface area contributed by atoms with Crippen LogP contribution in [0.25, 0.3) is 10.2 Å². The molecule has 1 N–H and O–H groups in total. The van der Waals surface area contributed by atoms with E-state index in [4.69, 9.17) is 4.74 Å². The number of nitrogens with zero attached hydrogens (tertiary/aromatic N) is 3. The van der Waals surface area contributed by atoms with Crippen molar-refractivity contribution >= 4 is 51.0 Å². The highest BCUT2D eigenvalue weighted by molar-refractivity contribution is 7.99. The normalized spacial score (nSPS) is 14.7. The number of halogens is 3. The molecule has 3 aromatic rings. The first kappa shape index (κ1) is 26.0. The number of hydrogen-bond acceptors (Lipinski definition) is 7. The molecular formula is C23H23F3N4O4S2. The molecule has 1 aliphatic heterocycles. The lowest BCUT2D eigenvalue weighted by Gasteiger charge is -2.32. The number of piperidine rings is 1. The number of anilines is 1. The van der Waals surface area contributed by atoms with E-state index < -0.39 is 23.7 Å². The van der Waals surface area contributed by atoms with Gasteiger partial charge in [-0.3, -0.25) is 14.2 Å². The van der Waals surface area contributed by atoms with Crippen molar-refractivity contribution in [2.45, 2.75) is 37.1 Å². The zero-order chi connectivity index (χ0) is 25.9. The zero-order valence-corrected chi connectivity index (χ0v) is 20.8. The van der Waals surface area contributed by atoms with Gasteiger partial charge in [0.25, 0.3) is 5.56 Å². The van der Waals surface area contributed by atoms with Gasteiger partial charge in [-0.2, -0.15) is 13.2 Å². The second-order valence-corrected chi connectivity index (χ2v) is 9.86. The summed E-state index contributed by atoms with van der Waals surface area (Å²) < 4.78 is 46.8.